The summed E-state index contributed by atoms with van der Waals surface area (Å²) in [6.07, 6.45) is 3.51. The van der Waals surface area contributed by atoms with Gasteiger partial charge in [-0.3, -0.25) is 14.2 Å². The van der Waals surface area contributed by atoms with Crippen molar-refractivity contribution in [2.24, 2.45) is 14.1 Å². The van der Waals surface area contributed by atoms with Crippen LogP contribution in [0.5, 0.6) is 0 Å². The quantitative estimate of drug-likeness (QED) is 0.693. The molecule has 0 aliphatic heterocycles. The van der Waals surface area contributed by atoms with Gasteiger partial charge in [-0.2, -0.15) is 10.2 Å². The van der Waals surface area contributed by atoms with Crippen molar-refractivity contribution >= 4 is 5.78 Å². The first kappa shape index (κ1) is 13.3. The van der Waals surface area contributed by atoms with E-state index in [0.717, 1.165) is 22.4 Å². The van der Waals surface area contributed by atoms with Gasteiger partial charge in [0.2, 0.25) is 0 Å². The van der Waals surface area contributed by atoms with E-state index >= 15 is 0 Å². The van der Waals surface area contributed by atoms with E-state index in [0.29, 0.717) is 5.69 Å². The standard InChI is InChI=1S/C16H16N4O/c1-11(21)16-14(10-18-20(16)3)12-5-4-6-13(9-12)15-7-8-17-19(15)2/h4-10H,1-3H3. The zero-order chi connectivity index (χ0) is 15.0. The average molecular weight is 280 g/mol. The van der Waals surface area contributed by atoms with E-state index in [1.54, 1.807) is 31.0 Å². The lowest BCUT2D eigenvalue weighted by molar-refractivity contribution is 0.100. The molecule has 2 heterocycles. The van der Waals surface area contributed by atoms with E-state index in [4.69, 9.17) is 0 Å². The fourth-order valence-corrected chi connectivity index (χ4v) is 2.57. The third-order valence-corrected chi connectivity index (χ3v) is 3.56. The maximum Gasteiger partial charge on any atom is 0.178 e. The predicted octanol–water partition coefficient (Wildman–Crippen LogP) is 2.69. The largest absolute Gasteiger partial charge is 0.293 e. The molecular formula is C16H16N4O. The van der Waals surface area contributed by atoms with E-state index in [1.807, 2.05) is 36.0 Å². The summed E-state index contributed by atoms with van der Waals surface area (Å²) in [6.45, 7) is 1.56. The van der Waals surface area contributed by atoms with Gasteiger partial charge in [0.25, 0.3) is 0 Å². The Hall–Kier alpha value is -2.69. The Balaban J connectivity index is 2.13. The SMILES string of the molecule is CC(=O)c1c(-c2cccc(-c3ccnn3C)c2)cnn1C. The Bertz CT molecular complexity index is 813. The molecule has 1 aromatic carbocycles. The van der Waals surface area contributed by atoms with Crippen LogP contribution in [0.4, 0.5) is 0 Å². The van der Waals surface area contributed by atoms with Crippen LogP contribution in [0.1, 0.15) is 17.4 Å². The number of carbonyl (C=O) groups is 1. The molecule has 0 radical (unpaired) electrons. The number of ketones is 1. The summed E-state index contributed by atoms with van der Waals surface area (Å²) in [6, 6.07) is 10.0. The lowest BCUT2D eigenvalue weighted by Crippen LogP contribution is -2.04. The van der Waals surface area contributed by atoms with Crippen LogP contribution in [-0.2, 0) is 14.1 Å². The van der Waals surface area contributed by atoms with E-state index in [2.05, 4.69) is 16.3 Å². The molecule has 0 spiro atoms. The van der Waals surface area contributed by atoms with Gasteiger partial charge in [0.15, 0.2) is 5.78 Å². The van der Waals surface area contributed by atoms with Crippen molar-refractivity contribution in [3.63, 3.8) is 0 Å². The van der Waals surface area contributed by atoms with Gasteiger partial charge < -0.3 is 0 Å². The molecule has 0 bridgehead atoms. The smallest absolute Gasteiger partial charge is 0.178 e. The van der Waals surface area contributed by atoms with E-state index in [1.165, 1.54) is 0 Å². The number of nitrogens with zero attached hydrogens (tertiary/aromatic N) is 4. The molecule has 5 nitrogen and oxygen atoms in total. The molecule has 0 saturated carbocycles. The monoisotopic (exact) mass is 280 g/mol. The minimum absolute atomic E-state index is 0.0101. The van der Waals surface area contributed by atoms with Crippen molar-refractivity contribution in [2.45, 2.75) is 6.92 Å². The van der Waals surface area contributed by atoms with E-state index in [-0.39, 0.29) is 5.78 Å². The topological polar surface area (TPSA) is 52.7 Å². The zero-order valence-electron chi connectivity index (χ0n) is 12.2. The fourth-order valence-electron chi connectivity index (χ4n) is 2.57. The summed E-state index contributed by atoms with van der Waals surface area (Å²) in [4.78, 5) is 11.8. The fraction of sp³-hybridized carbons (Fsp3) is 0.188. The van der Waals surface area contributed by atoms with Crippen molar-refractivity contribution in [3.8, 4) is 22.4 Å². The van der Waals surface area contributed by atoms with Gasteiger partial charge in [0, 0.05) is 38.3 Å². The minimum atomic E-state index is 0.0101. The maximum atomic E-state index is 11.8. The second kappa shape index (κ2) is 5.01. The summed E-state index contributed by atoms with van der Waals surface area (Å²) in [7, 11) is 3.69. The lowest BCUT2D eigenvalue weighted by atomic mass is 10.0. The van der Waals surface area contributed by atoms with Gasteiger partial charge in [0.05, 0.1) is 11.9 Å². The van der Waals surface area contributed by atoms with E-state index in [9.17, 15) is 4.79 Å². The predicted molar refractivity (Wildman–Crippen MR) is 80.9 cm³/mol. The maximum absolute atomic E-state index is 11.8. The summed E-state index contributed by atoms with van der Waals surface area (Å²) >= 11 is 0. The molecule has 2 aromatic heterocycles. The molecule has 0 atom stereocenters. The highest BCUT2D eigenvalue weighted by Gasteiger charge is 2.15. The van der Waals surface area contributed by atoms with Gasteiger partial charge in [-0.25, -0.2) is 0 Å². The number of aryl methyl sites for hydroxylation is 2. The molecule has 0 fully saturated rings. The first-order chi connectivity index (χ1) is 10.1. The van der Waals surface area contributed by atoms with Gasteiger partial charge >= 0.3 is 0 Å². The van der Waals surface area contributed by atoms with Crippen LogP contribution in [0.25, 0.3) is 22.4 Å². The summed E-state index contributed by atoms with van der Waals surface area (Å²) in [5.41, 5.74) is 4.55. The third kappa shape index (κ3) is 2.27. The highest BCUT2D eigenvalue weighted by atomic mass is 16.1. The second-order valence-electron chi connectivity index (χ2n) is 5.01. The third-order valence-electron chi connectivity index (χ3n) is 3.56. The molecular weight excluding hydrogens is 264 g/mol. The van der Waals surface area contributed by atoms with Crippen molar-refractivity contribution in [3.05, 3.63) is 48.4 Å². The Morgan fingerprint density at radius 2 is 1.81 bits per heavy atom. The number of rotatable bonds is 3. The molecule has 0 aliphatic rings. The zero-order valence-corrected chi connectivity index (χ0v) is 12.2. The minimum Gasteiger partial charge on any atom is -0.293 e. The van der Waals surface area contributed by atoms with Crippen molar-refractivity contribution in [1.29, 1.82) is 0 Å². The van der Waals surface area contributed by atoms with Crippen molar-refractivity contribution < 1.29 is 4.79 Å². The normalized spacial score (nSPS) is 10.8. The van der Waals surface area contributed by atoms with Crippen LogP contribution in [-0.4, -0.2) is 25.3 Å². The van der Waals surface area contributed by atoms with Gasteiger partial charge in [-0.15, -0.1) is 0 Å². The first-order valence-corrected chi connectivity index (χ1v) is 6.69. The molecule has 5 heteroatoms. The van der Waals surface area contributed by atoms with Gasteiger partial charge in [0.1, 0.15) is 5.69 Å². The van der Waals surface area contributed by atoms with Crippen LogP contribution >= 0.6 is 0 Å². The van der Waals surface area contributed by atoms with Crippen LogP contribution in [0.15, 0.2) is 42.7 Å². The van der Waals surface area contributed by atoms with Gasteiger partial charge in [-0.05, 0) is 17.7 Å². The molecule has 0 aliphatic carbocycles. The first-order valence-electron chi connectivity index (χ1n) is 6.69. The van der Waals surface area contributed by atoms with Crippen LogP contribution in [0.3, 0.4) is 0 Å². The Morgan fingerprint density at radius 1 is 1.05 bits per heavy atom. The highest BCUT2D eigenvalue weighted by molar-refractivity contribution is 5.99. The Labute approximate surface area is 122 Å². The van der Waals surface area contributed by atoms with Crippen LogP contribution in [0.2, 0.25) is 0 Å². The number of hydrogen-bond donors (Lipinski definition) is 0. The molecule has 3 rings (SSSR count). The summed E-state index contributed by atoms with van der Waals surface area (Å²) in [5, 5.41) is 8.39. The van der Waals surface area contributed by atoms with Crippen LogP contribution < -0.4 is 0 Å². The number of carbonyl (C=O) groups excluding carboxylic acids is 1. The Kier molecular flexibility index (Phi) is 3.17. The lowest BCUT2D eigenvalue weighted by Gasteiger charge is -2.06. The molecule has 21 heavy (non-hydrogen) atoms. The highest BCUT2D eigenvalue weighted by Crippen LogP contribution is 2.28. The molecule has 0 N–H and O–H groups in total. The molecule has 106 valence electrons. The molecule has 0 unspecified atom stereocenters. The van der Waals surface area contributed by atoms with Crippen molar-refractivity contribution in [1.82, 2.24) is 19.6 Å². The Morgan fingerprint density at radius 3 is 2.48 bits per heavy atom. The van der Waals surface area contributed by atoms with Crippen LogP contribution in [0, 0.1) is 0 Å². The molecule has 3 aromatic rings. The number of aromatic nitrogens is 4. The van der Waals surface area contributed by atoms with E-state index < -0.39 is 0 Å². The summed E-state index contributed by atoms with van der Waals surface area (Å²) < 4.78 is 3.45. The number of benzene rings is 1. The second-order valence-corrected chi connectivity index (χ2v) is 5.01. The number of hydrogen-bond acceptors (Lipinski definition) is 3. The average Bonchev–Trinajstić information content (AvgIpc) is 3.05. The summed E-state index contributed by atoms with van der Waals surface area (Å²) in [5.74, 6) is 0.0101. The molecule has 0 saturated heterocycles. The van der Waals surface area contributed by atoms with Crippen molar-refractivity contribution in [2.75, 3.05) is 0 Å². The number of Topliss-reactive ketones (excluding diaryl/α,β-unsaturated/α-hetero) is 1. The molecule has 0 amide bonds. The van der Waals surface area contributed by atoms with Gasteiger partial charge in [-0.1, -0.05) is 18.2 Å².